The third kappa shape index (κ3) is 8.30. The maximum absolute atomic E-state index is 12.7. The first kappa shape index (κ1) is 28.3. The summed E-state index contributed by atoms with van der Waals surface area (Å²) in [6.45, 7) is 7.14. The van der Waals surface area contributed by atoms with Gasteiger partial charge < -0.3 is 26.4 Å². The summed E-state index contributed by atoms with van der Waals surface area (Å²) in [5, 5.41) is 18.2. The van der Waals surface area contributed by atoms with Crippen LogP contribution in [-0.4, -0.2) is 82.1 Å². The minimum absolute atomic E-state index is 0.0212. The topological polar surface area (TPSA) is 191 Å². The fourth-order valence-electron chi connectivity index (χ4n) is 2.96. The summed E-state index contributed by atoms with van der Waals surface area (Å²) in [5.74, 6) is -5.33. The molecule has 13 heteroatoms. The van der Waals surface area contributed by atoms with E-state index in [1.165, 1.54) is 20.8 Å². The van der Waals surface area contributed by atoms with Crippen LogP contribution in [0.25, 0.3) is 0 Å². The molecule has 0 radical (unpaired) electrons. The number of rotatable bonds is 12. The number of amides is 6. The Hall–Kier alpha value is -3.77. The second-order valence-corrected chi connectivity index (χ2v) is 8.32. The lowest BCUT2D eigenvalue weighted by molar-refractivity contribution is -0.145. The van der Waals surface area contributed by atoms with Gasteiger partial charge in [0.05, 0.1) is 6.54 Å². The molecule has 188 valence electrons. The van der Waals surface area contributed by atoms with Crippen LogP contribution in [0.15, 0.2) is 12.2 Å². The molecule has 6 amide bonds. The fourth-order valence-corrected chi connectivity index (χ4v) is 2.96. The van der Waals surface area contributed by atoms with E-state index < -0.39 is 72.1 Å². The summed E-state index contributed by atoms with van der Waals surface area (Å²) in [7, 11) is 0. The highest BCUT2D eigenvalue weighted by Gasteiger charge is 2.35. The van der Waals surface area contributed by atoms with Gasteiger partial charge in [-0.05, 0) is 33.1 Å². The summed E-state index contributed by atoms with van der Waals surface area (Å²) in [4.78, 5) is 84.4. The van der Waals surface area contributed by atoms with Crippen molar-refractivity contribution >= 4 is 41.4 Å². The van der Waals surface area contributed by atoms with E-state index in [9.17, 15) is 33.6 Å². The first-order valence-electron chi connectivity index (χ1n) is 10.7. The Kier molecular flexibility index (Phi) is 10.4. The Bertz CT molecular complexity index is 866. The van der Waals surface area contributed by atoms with Gasteiger partial charge in [0.1, 0.15) is 24.2 Å². The molecule has 5 N–H and O–H groups in total. The average molecular weight is 482 g/mol. The van der Waals surface area contributed by atoms with Crippen molar-refractivity contribution in [2.24, 2.45) is 5.92 Å². The quantitative estimate of drug-likeness (QED) is 0.198. The van der Waals surface area contributed by atoms with Gasteiger partial charge in [0.15, 0.2) is 0 Å². The van der Waals surface area contributed by atoms with E-state index in [4.69, 9.17) is 5.11 Å². The molecule has 0 saturated carbocycles. The Labute approximate surface area is 196 Å². The second kappa shape index (κ2) is 12.5. The zero-order valence-electron chi connectivity index (χ0n) is 19.7. The lowest BCUT2D eigenvalue weighted by Gasteiger charge is -2.26. The SMILES string of the molecule is CC(C)C[C@H](NC(=O)[C@H](C)N1C(=O)C=CC1=O)C(=O)N[C@@H](C)C(=O)NCC(=O)N[C@@H](C)C(=O)O. The standard InChI is InChI=1S/C21H31N5O8/c1-10(2)8-14(25-19(31)13(5)26-16(28)6-7-17(26)29)20(32)24-11(3)18(30)22-9-15(27)23-12(4)21(33)34/h6-7,10-14H,8-9H2,1-5H3,(H,22,30)(H,23,27)(H,24,32)(H,25,31)(H,33,34)/t11-,12-,13-,14-/m0/s1. The lowest BCUT2D eigenvalue weighted by Crippen LogP contribution is -2.57. The van der Waals surface area contributed by atoms with Crippen LogP contribution in [0.3, 0.4) is 0 Å². The molecule has 34 heavy (non-hydrogen) atoms. The normalized spacial score (nSPS) is 16.5. The zero-order chi connectivity index (χ0) is 26.2. The molecule has 0 aromatic rings. The van der Waals surface area contributed by atoms with Gasteiger partial charge in [-0.15, -0.1) is 0 Å². The molecule has 13 nitrogen and oxygen atoms in total. The smallest absolute Gasteiger partial charge is 0.325 e. The van der Waals surface area contributed by atoms with E-state index in [-0.39, 0.29) is 12.3 Å². The van der Waals surface area contributed by atoms with Crippen LogP contribution in [0.2, 0.25) is 0 Å². The Morgan fingerprint density at radius 2 is 1.38 bits per heavy atom. The number of hydrogen-bond donors (Lipinski definition) is 5. The van der Waals surface area contributed by atoms with Gasteiger partial charge in [-0.1, -0.05) is 13.8 Å². The van der Waals surface area contributed by atoms with Crippen molar-refractivity contribution in [2.75, 3.05) is 6.54 Å². The number of imide groups is 1. The highest BCUT2D eigenvalue weighted by Crippen LogP contribution is 2.11. The molecule has 1 rings (SSSR count). The molecule has 0 aromatic heterocycles. The number of carboxylic acid groups (broad SMARTS) is 1. The number of nitrogens with zero attached hydrogens (tertiary/aromatic N) is 1. The molecule has 1 aliphatic heterocycles. The largest absolute Gasteiger partial charge is 0.480 e. The van der Waals surface area contributed by atoms with Crippen LogP contribution in [0, 0.1) is 5.92 Å². The van der Waals surface area contributed by atoms with Gasteiger partial charge in [-0.25, -0.2) is 0 Å². The molecule has 0 aromatic carbocycles. The molecule has 0 aliphatic carbocycles. The molecule has 1 aliphatic rings. The van der Waals surface area contributed by atoms with Crippen LogP contribution in [0.5, 0.6) is 0 Å². The van der Waals surface area contributed by atoms with Crippen molar-refractivity contribution in [3.8, 4) is 0 Å². The highest BCUT2D eigenvalue weighted by atomic mass is 16.4. The van der Waals surface area contributed by atoms with E-state index in [1.54, 1.807) is 0 Å². The van der Waals surface area contributed by atoms with Crippen LogP contribution in [0.4, 0.5) is 0 Å². The van der Waals surface area contributed by atoms with Crippen LogP contribution < -0.4 is 21.3 Å². The highest BCUT2D eigenvalue weighted by molar-refractivity contribution is 6.15. The van der Waals surface area contributed by atoms with Crippen molar-refractivity contribution in [2.45, 2.75) is 65.2 Å². The third-order valence-corrected chi connectivity index (χ3v) is 4.87. The van der Waals surface area contributed by atoms with Crippen molar-refractivity contribution < 1.29 is 38.7 Å². The van der Waals surface area contributed by atoms with Crippen LogP contribution in [-0.2, 0) is 33.6 Å². The number of carbonyl (C=O) groups excluding carboxylic acids is 6. The number of carboxylic acids is 1. The van der Waals surface area contributed by atoms with Crippen molar-refractivity contribution in [1.82, 2.24) is 26.2 Å². The van der Waals surface area contributed by atoms with Gasteiger partial charge in [-0.2, -0.15) is 0 Å². The molecule has 0 spiro atoms. The van der Waals surface area contributed by atoms with Crippen molar-refractivity contribution in [3.63, 3.8) is 0 Å². The molecule has 0 fully saturated rings. The summed E-state index contributed by atoms with van der Waals surface area (Å²) in [6, 6.07) is -4.41. The van der Waals surface area contributed by atoms with E-state index in [1.807, 2.05) is 13.8 Å². The Balaban J connectivity index is 2.70. The summed E-state index contributed by atoms with van der Waals surface area (Å²) in [5.41, 5.74) is 0. The monoisotopic (exact) mass is 481 g/mol. The number of nitrogens with one attached hydrogen (secondary N) is 4. The summed E-state index contributed by atoms with van der Waals surface area (Å²) >= 11 is 0. The van der Waals surface area contributed by atoms with Crippen LogP contribution >= 0.6 is 0 Å². The number of carbonyl (C=O) groups is 7. The van der Waals surface area contributed by atoms with Gasteiger partial charge in [0, 0.05) is 12.2 Å². The van der Waals surface area contributed by atoms with E-state index in [2.05, 4.69) is 21.3 Å². The average Bonchev–Trinajstić information content (AvgIpc) is 3.08. The van der Waals surface area contributed by atoms with Gasteiger partial charge >= 0.3 is 5.97 Å². The first-order chi connectivity index (χ1) is 15.7. The summed E-state index contributed by atoms with van der Waals surface area (Å²) in [6.07, 6.45) is 2.31. The van der Waals surface area contributed by atoms with E-state index in [0.29, 0.717) is 0 Å². The van der Waals surface area contributed by atoms with Gasteiger partial charge in [-0.3, -0.25) is 38.5 Å². The maximum atomic E-state index is 12.7. The zero-order valence-corrected chi connectivity index (χ0v) is 19.7. The molecular weight excluding hydrogens is 450 g/mol. The second-order valence-electron chi connectivity index (χ2n) is 8.32. The minimum atomic E-state index is -1.23. The Morgan fingerprint density at radius 1 is 0.824 bits per heavy atom. The van der Waals surface area contributed by atoms with E-state index >= 15 is 0 Å². The van der Waals surface area contributed by atoms with Crippen LogP contribution in [0.1, 0.15) is 41.0 Å². The predicted octanol–water partition coefficient (Wildman–Crippen LogP) is -1.96. The number of hydrogen-bond acceptors (Lipinski definition) is 7. The molecule has 0 saturated heterocycles. The van der Waals surface area contributed by atoms with Crippen molar-refractivity contribution in [1.29, 1.82) is 0 Å². The van der Waals surface area contributed by atoms with Crippen molar-refractivity contribution in [3.05, 3.63) is 12.2 Å². The number of aliphatic carboxylic acids is 1. The molecule has 1 heterocycles. The lowest BCUT2D eigenvalue weighted by atomic mass is 10.0. The molecule has 0 unspecified atom stereocenters. The first-order valence-corrected chi connectivity index (χ1v) is 10.7. The maximum Gasteiger partial charge on any atom is 0.325 e. The predicted molar refractivity (Wildman–Crippen MR) is 118 cm³/mol. The van der Waals surface area contributed by atoms with E-state index in [0.717, 1.165) is 17.1 Å². The molecule has 4 atom stereocenters. The Morgan fingerprint density at radius 3 is 1.88 bits per heavy atom. The molecule has 0 bridgehead atoms. The third-order valence-electron chi connectivity index (χ3n) is 4.87. The fraction of sp³-hybridized carbons (Fsp3) is 0.571. The minimum Gasteiger partial charge on any atom is -0.480 e. The van der Waals surface area contributed by atoms with Gasteiger partial charge in [0.2, 0.25) is 23.6 Å². The molecular formula is C21H31N5O8. The summed E-state index contributed by atoms with van der Waals surface area (Å²) < 4.78 is 0. The van der Waals surface area contributed by atoms with Gasteiger partial charge in [0.25, 0.3) is 11.8 Å².